The topological polar surface area (TPSA) is 88.1 Å². The number of aliphatic hydroxyl groups is 1. The first-order valence-corrected chi connectivity index (χ1v) is 8.67. The van der Waals surface area contributed by atoms with Crippen molar-refractivity contribution < 1.29 is 24.2 Å². The Bertz CT molecular complexity index is 749. The highest BCUT2D eigenvalue weighted by Crippen LogP contribution is 2.19. The smallest absolute Gasteiger partial charge is 0.415 e. The molecule has 0 unspecified atom stereocenters. The van der Waals surface area contributed by atoms with Crippen molar-refractivity contribution in [3.05, 3.63) is 60.2 Å². The van der Waals surface area contributed by atoms with Crippen molar-refractivity contribution in [1.82, 2.24) is 4.90 Å². The normalized spacial score (nSPS) is 10.4. The Morgan fingerprint density at radius 1 is 1.11 bits per heavy atom. The largest absolute Gasteiger partial charge is 0.447 e. The van der Waals surface area contributed by atoms with E-state index in [1.165, 1.54) is 11.0 Å². The van der Waals surface area contributed by atoms with Gasteiger partial charge in [0.15, 0.2) is 0 Å². The summed E-state index contributed by atoms with van der Waals surface area (Å²) in [6, 6.07) is 15.9. The van der Waals surface area contributed by atoms with Crippen molar-refractivity contribution in [3.8, 4) is 5.75 Å². The van der Waals surface area contributed by atoms with E-state index in [0.29, 0.717) is 12.2 Å². The highest BCUT2D eigenvalue weighted by Gasteiger charge is 2.16. The van der Waals surface area contributed by atoms with Crippen LogP contribution in [-0.4, -0.2) is 41.4 Å². The third-order valence-corrected chi connectivity index (χ3v) is 3.47. The number of hydrogen-bond donors (Lipinski definition) is 2. The predicted octanol–water partition coefficient (Wildman–Crippen LogP) is 3.64. The number of carbonyl (C=O) groups excluding carboxylic acids is 2. The van der Waals surface area contributed by atoms with E-state index in [1.54, 1.807) is 32.0 Å². The Kier molecular flexibility index (Phi) is 7.63. The summed E-state index contributed by atoms with van der Waals surface area (Å²) >= 11 is 0. The van der Waals surface area contributed by atoms with Crippen molar-refractivity contribution in [2.45, 2.75) is 26.5 Å². The quantitative estimate of drug-likeness (QED) is 0.775. The van der Waals surface area contributed by atoms with Gasteiger partial charge < -0.3 is 19.5 Å². The van der Waals surface area contributed by atoms with Crippen molar-refractivity contribution in [2.75, 3.05) is 18.5 Å². The van der Waals surface area contributed by atoms with Crippen molar-refractivity contribution in [1.29, 1.82) is 0 Å². The minimum atomic E-state index is -0.588. The first kappa shape index (κ1) is 20.3. The van der Waals surface area contributed by atoms with E-state index < -0.39 is 12.2 Å². The second-order valence-electron chi connectivity index (χ2n) is 6.11. The maximum Gasteiger partial charge on any atom is 0.415 e. The first-order valence-electron chi connectivity index (χ1n) is 8.67. The zero-order valence-electron chi connectivity index (χ0n) is 15.4. The fourth-order valence-electron chi connectivity index (χ4n) is 2.32. The highest BCUT2D eigenvalue weighted by molar-refractivity contribution is 5.85. The molecule has 2 aromatic rings. The maximum atomic E-state index is 12.5. The molecule has 0 heterocycles. The molecule has 0 saturated carbocycles. The predicted molar refractivity (Wildman–Crippen MR) is 102 cm³/mol. The van der Waals surface area contributed by atoms with Gasteiger partial charge in [-0.1, -0.05) is 36.4 Å². The van der Waals surface area contributed by atoms with Gasteiger partial charge in [-0.2, -0.15) is 0 Å². The van der Waals surface area contributed by atoms with Crippen molar-refractivity contribution in [3.63, 3.8) is 0 Å². The summed E-state index contributed by atoms with van der Waals surface area (Å²) in [6.45, 7) is 3.79. The van der Waals surface area contributed by atoms with Crippen LogP contribution in [0.2, 0.25) is 0 Å². The van der Waals surface area contributed by atoms with Gasteiger partial charge in [-0.05, 0) is 31.5 Å². The van der Waals surface area contributed by atoms with E-state index in [2.05, 4.69) is 5.32 Å². The number of ether oxygens (including phenoxy) is 2. The molecule has 7 nitrogen and oxygen atoms in total. The minimum absolute atomic E-state index is 0.145. The van der Waals surface area contributed by atoms with Gasteiger partial charge in [0.05, 0.1) is 12.7 Å². The second-order valence-corrected chi connectivity index (χ2v) is 6.11. The Hall–Kier alpha value is -3.06. The van der Waals surface area contributed by atoms with Crippen LogP contribution in [0, 0.1) is 0 Å². The van der Waals surface area contributed by atoms with Crippen LogP contribution < -0.4 is 10.1 Å². The summed E-state index contributed by atoms with van der Waals surface area (Å²) in [7, 11) is 0. The molecule has 0 fully saturated rings. The van der Waals surface area contributed by atoms with E-state index >= 15 is 0 Å². The van der Waals surface area contributed by atoms with E-state index in [4.69, 9.17) is 9.47 Å². The molecular weight excluding hydrogens is 348 g/mol. The summed E-state index contributed by atoms with van der Waals surface area (Å²) in [4.78, 5) is 25.5. The van der Waals surface area contributed by atoms with E-state index in [9.17, 15) is 14.7 Å². The molecule has 2 N–H and O–H groups in total. The molecule has 0 aliphatic rings. The summed E-state index contributed by atoms with van der Waals surface area (Å²) in [5.41, 5.74) is 1.37. The Labute approximate surface area is 158 Å². The zero-order valence-corrected chi connectivity index (χ0v) is 15.4. The monoisotopic (exact) mass is 372 g/mol. The second kappa shape index (κ2) is 10.2. The maximum absolute atomic E-state index is 12.5. The van der Waals surface area contributed by atoms with Crippen LogP contribution in [-0.2, 0) is 11.3 Å². The van der Waals surface area contributed by atoms with E-state index in [0.717, 1.165) is 5.56 Å². The van der Waals surface area contributed by atoms with Crippen LogP contribution in [0.1, 0.15) is 19.4 Å². The van der Waals surface area contributed by atoms with Crippen LogP contribution in [0.25, 0.3) is 0 Å². The molecule has 0 aliphatic heterocycles. The number of benzene rings is 2. The molecule has 0 aliphatic carbocycles. The van der Waals surface area contributed by atoms with Gasteiger partial charge in [0.2, 0.25) is 0 Å². The SMILES string of the molecule is CC(C)OC(=O)Nc1cccc(OC(=O)N(CCO)Cc2ccccc2)c1. The number of hydrogen-bond acceptors (Lipinski definition) is 5. The number of nitrogens with zero attached hydrogens (tertiary/aromatic N) is 1. The molecule has 0 bridgehead atoms. The van der Waals surface area contributed by atoms with Crippen LogP contribution in [0.4, 0.5) is 15.3 Å². The molecule has 7 heteroatoms. The van der Waals surface area contributed by atoms with Crippen LogP contribution >= 0.6 is 0 Å². The lowest BCUT2D eigenvalue weighted by atomic mass is 10.2. The molecule has 0 spiro atoms. The van der Waals surface area contributed by atoms with Gasteiger partial charge >= 0.3 is 12.2 Å². The van der Waals surface area contributed by atoms with Crippen molar-refractivity contribution >= 4 is 17.9 Å². The Morgan fingerprint density at radius 2 is 1.85 bits per heavy atom. The fraction of sp³-hybridized carbons (Fsp3) is 0.300. The Balaban J connectivity index is 2.02. The number of nitrogens with one attached hydrogen (secondary N) is 1. The molecule has 2 amide bonds. The number of rotatable bonds is 7. The van der Waals surface area contributed by atoms with Crippen molar-refractivity contribution in [2.24, 2.45) is 0 Å². The van der Waals surface area contributed by atoms with Gasteiger partial charge in [-0.15, -0.1) is 0 Å². The number of anilines is 1. The number of amides is 2. The van der Waals surface area contributed by atoms with Gasteiger partial charge in [0.25, 0.3) is 0 Å². The van der Waals surface area contributed by atoms with Gasteiger partial charge in [-0.25, -0.2) is 9.59 Å². The third kappa shape index (κ3) is 6.99. The van der Waals surface area contributed by atoms with Gasteiger partial charge in [0.1, 0.15) is 5.75 Å². The molecular formula is C20H24N2O5. The van der Waals surface area contributed by atoms with Gasteiger partial charge in [-0.3, -0.25) is 5.32 Å². The third-order valence-electron chi connectivity index (χ3n) is 3.47. The number of carbonyl (C=O) groups is 2. The van der Waals surface area contributed by atoms with Gasteiger partial charge in [0, 0.05) is 24.8 Å². The molecule has 0 saturated heterocycles. The standard InChI is InChI=1S/C20H24N2O5/c1-15(2)26-19(24)21-17-9-6-10-18(13-17)27-20(25)22(11-12-23)14-16-7-4-3-5-8-16/h3-10,13,15,23H,11-12,14H2,1-2H3,(H,21,24). The molecule has 0 atom stereocenters. The average molecular weight is 372 g/mol. The van der Waals surface area contributed by atoms with Crippen LogP contribution in [0.5, 0.6) is 5.75 Å². The first-order chi connectivity index (χ1) is 13.0. The molecule has 0 radical (unpaired) electrons. The summed E-state index contributed by atoms with van der Waals surface area (Å²) in [6.07, 6.45) is -1.41. The Morgan fingerprint density at radius 3 is 2.52 bits per heavy atom. The lowest BCUT2D eigenvalue weighted by Gasteiger charge is -2.21. The number of aliphatic hydroxyl groups excluding tert-OH is 1. The van der Waals surface area contributed by atoms with Crippen LogP contribution in [0.3, 0.4) is 0 Å². The van der Waals surface area contributed by atoms with Crippen LogP contribution in [0.15, 0.2) is 54.6 Å². The fourth-order valence-corrected chi connectivity index (χ4v) is 2.32. The average Bonchev–Trinajstić information content (AvgIpc) is 2.61. The molecule has 2 rings (SSSR count). The lowest BCUT2D eigenvalue weighted by molar-refractivity contribution is 0.130. The summed E-state index contributed by atoms with van der Waals surface area (Å²) in [5.74, 6) is 0.276. The lowest BCUT2D eigenvalue weighted by Crippen LogP contribution is -2.35. The molecule has 0 aromatic heterocycles. The molecule has 2 aromatic carbocycles. The minimum Gasteiger partial charge on any atom is -0.447 e. The summed E-state index contributed by atoms with van der Waals surface area (Å²) in [5, 5.41) is 11.8. The van der Waals surface area contributed by atoms with E-state index in [-0.39, 0.29) is 25.0 Å². The summed E-state index contributed by atoms with van der Waals surface area (Å²) < 4.78 is 10.4. The zero-order chi connectivity index (χ0) is 19.6. The molecule has 27 heavy (non-hydrogen) atoms. The van der Waals surface area contributed by atoms with E-state index in [1.807, 2.05) is 30.3 Å². The molecule has 144 valence electrons. The highest BCUT2D eigenvalue weighted by atomic mass is 16.6.